The lowest BCUT2D eigenvalue weighted by molar-refractivity contribution is 0.192. The van der Waals surface area contributed by atoms with E-state index >= 15 is 0 Å². The van der Waals surface area contributed by atoms with Gasteiger partial charge in [-0.3, -0.25) is 4.99 Å². The van der Waals surface area contributed by atoms with Gasteiger partial charge in [-0.15, -0.1) is 0 Å². The van der Waals surface area contributed by atoms with Gasteiger partial charge in [-0.05, 0) is 31.4 Å². The van der Waals surface area contributed by atoms with Gasteiger partial charge in [-0.2, -0.15) is 0 Å². The van der Waals surface area contributed by atoms with Gasteiger partial charge in [0, 0.05) is 53.5 Å². The zero-order valence-corrected chi connectivity index (χ0v) is 15.8. The van der Waals surface area contributed by atoms with Gasteiger partial charge >= 0.3 is 0 Å². The highest BCUT2D eigenvalue weighted by atomic mass is 16.5. The van der Waals surface area contributed by atoms with Crippen molar-refractivity contribution < 1.29 is 9.47 Å². The van der Waals surface area contributed by atoms with E-state index in [2.05, 4.69) is 32.2 Å². The molecule has 0 unspecified atom stereocenters. The van der Waals surface area contributed by atoms with Gasteiger partial charge in [-0.1, -0.05) is 12.1 Å². The molecule has 25 heavy (non-hydrogen) atoms. The third-order valence-corrected chi connectivity index (χ3v) is 4.53. The van der Waals surface area contributed by atoms with Crippen molar-refractivity contribution in [3.05, 3.63) is 24.3 Å². The molecule has 2 rings (SSSR count). The van der Waals surface area contributed by atoms with Crippen molar-refractivity contribution in [3.8, 4) is 5.75 Å². The van der Waals surface area contributed by atoms with Crippen molar-refractivity contribution in [2.45, 2.75) is 19.3 Å². The summed E-state index contributed by atoms with van der Waals surface area (Å²) in [6.07, 6.45) is 3.44. The number of hydrogen-bond donors (Lipinski definition) is 1. The molecule has 0 radical (unpaired) electrons. The average molecular weight is 348 g/mol. The monoisotopic (exact) mass is 348 g/mol. The number of benzene rings is 1. The maximum atomic E-state index is 5.49. The lowest BCUT2D eigenvalue weighted by Gasteiger charge is -2.38. The Kier molecular flexibility index (Phi) is 8.39. The zero-order valence-electron chi connectivity index (χ0n) is 15.8. The number of hydrogen-bond acceptors (Lipinski definition) is 4. The highest BCUT2D eigenvalue weighted by Crippen LogP contribution is 2.28. The van der Waals surface area contributed by atoms with Gasteiger partial charge in [0.15, 0.2) is 5.96 Å². The maximum absolute atomic E-state index is 5.49. The first-order valence-electron chi connectivity index (χ1n) is 9.12. The lowest BCUT2D eigenvalue weighted by Crippen LogP contribution is -2.52. The molecular formula is C19H32N4O2. The molecule has 1 aliphatic heterocycles. The minimum absolute atomic E-state index is 0.847. The second-order valence-corrected chi connectivity index (χ2v) is 6.17. The summed E-state index contributed by atoms with van der Waals surface area (Å²) in [6.45, 7) is 5.66. The van der Waals surface area contributed by atoms with Crippen molar-refractivity contribution in [2.24, 2.45) is 4.99 Å². The number of rotatable bonds is 8. The van der Waals surface area contributed by atoms with E-state index in [0.717, 1.165) is 63.9 Å². The number of para-hydroxylation sites is 2. The fraction of sp³-hybridized carbons (Fsp3) is 0.632. The van der Waals surface area contributed by atoms with E-state index in [9.17, 15) is 0 Å². The smallest absolute Gasteiger partial charge is 0.193 e. The molecule has 6 heteroatoms. The third-order valence-electron chi connectivity index (χ3n) is 4.53. The zero-order chi connectivity index (χ0) is 17.9. The largest absolute Gasteiger partial charge is 0.495 e. The van der Waals surface area contributed by atoms with Crippen LogP contribution in [0, 0.1) is 0 Å². The van der Waals surface area contributed by atoms with Crippen LogP contribution < -0.4 is 15.0 Å². The number of ether oxygens (including phenoxy) is 2. The van der Waals surface area contributed by atoms with Crippen LogP contribution in [0.3, 0.4) is 0 Å². The van der Waals surface area contributed by atoms with Crippen LogP contribution in [0.25, 0.3) is 0 Å². The van der Waals surface area contributed by atoms with Crippen LogP contribution >= 0.6 is 0 Å². The summed E-state index contributed by atoms with van der Waals surface area (Å²) in [7, 11) is 5.35. The number of piperazine rings is 1. The molecular weight excluding hydrogens is 316 g/mol. The second kappa shape index (κ2) is 10.8. The Balaban J connectivity index is 1.78. The minimum atomic E-state index is 0.847. The summed E-state index contributed by atoms with van der Waals surface area (Å²) in [6, 6.07) is 8.22. The summed E-state index contributed by atoms with van der Waals surface area (Å²) in [5.74, 6) is 1.95. The second-order valence-electron chi connectivity index (χ2n) is 6.17. The predicted molar refractivity (Wildman–Crippen MR) is 104 cm³/mol. The van der Waals surface area contributed by atoms with Crippen LogP contribution in [-0.4, -0.2) is 71.5 Å². The van der Waals surface area contributed by atoms with Crippen molar-refractivity contribution >= 4 is 11.6 Å². The standard InChI is InChI=1S/C19H32N4O2/c1-20-19(21-11-7-4-8-16-24-2)23-14-12-22(13-15-23)17-9-5-6-10-18(17)25-3/h5-6,9-10H,4,7-8,11-16H2,1-3H3,(H,20,21). The quantitative estimate of drug-likeness (QED) is 0.443. The van der Waals surface area contributed by atoms with E-state index in [1.165, 1.54) is 12.1 Å². The number of unbranched alkanes of at least 4 members (excludes halogenated alkanes) is 2. The van der Waals surface area contributed by atoms with Gasteiger partial charge in [0.05, 0.1) is 12.8 Å². The van der Waals surface area contributed by atoms with E-state index in [1.54, 1.807) is 14.2 Å². The van der Waals surface area contributed by atoms with Gasteiger partial charge in [0.2, 0.25) is 0 Å². The highest BCUT2D eigenvalue weighted by molar-refractivity contribution is 5.80. The van der Waals surface area contributed by atoms with Crippen LogP contribution in [0.15, 0.2) is 29.3 Å². The summed E-state index contributed by atoms with van der Waals surface area (Å²) < 4.78 is 10.6. The fourth-order valence-electron chi connectivity index (χ4n) is 3.13. The van der Waals surface area contributed by atoms with E-state index < -0.39 is 0 Å². The minimum Gasteiger partial charge on any atom is -0.495 e. The molecule has 0 aliphatic carbocycles. The first kappa shape index (κ1) is 19.4. The average Bonchev–Trinajstić information content (AvgIpc) is 2.68. The van der Waals surface area contributed by atoms with Gasteiger partial charge < -0.3 is 24.6 Å². The highest BCUT2D eigenvalue weighted by Gasteiger charge is 2.21. The molecule has 0 saturated carbocycles. The Labute approximate surface area is 151 Å². The van der Waals surface area contributed by atoms with Gasteiger partial charge in [0.1, 0.15) is 5.75 Å². The molecule has 0 bridgehead atoms. The van der Waals surface area contributed by atoms with E-state index in [1.807, 2.05) is 19.2 Å². The fourth-order valence-corrected chi connectivity index (χ4v) is 3.13. The van der Waals surface area contributed by atoms with E-state index in [4.69, 9.17) is 9.47 Å². The SMILES string of the molecule is CN=C(NCCCCCOC)N1CCN(c2ccccc2OC)CC1. The number of guanidine groups is 1. The molecule has 0 atom stereocenters. The van der Waals surface area contributed by atoms with Crippen molar-refractivity contribution in [1.82, 2.24) is 10.2 Å². The number of methoxy groups -OCH3 is 2. The summed E-state index contributed by atoms with van der Waals surface area (Å²) in [5, 5.41) is 3.49. The van der Waals surface area contributed by atoms with Crippen LogP contribution in [0.4, 0.5) is 5.69 Å². The molecule has 1 aliphatic rings. The molecule has 1 fully saturated rings. The normalized spacial score (nSPS) is 15.4. The third kappa shape index (κ3) is 5.81. The van der Waals surface area contributed by atoms with Crippen LogP contribution in [0.2, 0.25) is 0 Å². The topological polar surface area (TPSA) is 49.3 Å². The van der Waals surface area contributed by atoms with Crippen molar-refractivity contribution in [1.29, 1.82) is 0 Å². The molecule has 0 aromatic heterocycles. The molecule has 6 nitrogen and oxygen atoms in total. The summed E-state index contributed by atoms with van der Waals surface area (Å²) in [4.78, 5) is 9.16. The molecule has 1 saturated heterocycles. The van der Waals surface area contributed by atoms with Crippen LogP contribution in [0.5, 0.6) is 5.75 Å². The Bertz CT molecular complexity index is 528. The van der Waals surface area contributed by atoms with Crippen molar-refractivity contribution in [2.75, 3.05) is 65.5 Å². The number of nitrogens with zero attached hydrogens (tertiary/aromatic N) is 3. The first-order chi connectivity index (χ1) is 12.3. The molecule has 140 valence electrons. The predicted octanol–water partition coefficient (Wildman–Crippen LogP) is 2.21. The Morgan fingerprint density at radius 1 is 1.08 bits per heavy atom. The molecule has 1 aromatic rings. The molecule has 1 heterocycles. The van der Waals surface area contributed by atoms with Crippen LogP contribution in [0.1, 0.15) is 19.3 Å². The lowest BCUT2D eigenvalue weighted by atomic mass is 10.2. The van der Waals surface area contributed by atoms with Gasteiger partial charge in [0.25, 0.3) is 0 Å². The summed E-state index contributed by atoms with van der Waals surface area (Å²) >= 11 is 0. The van der Waals surface area contributed by atoms with E-state index in [-0.39, 0.29) is 0 Å². The number of aliphatic imine (C=N–C) groups is 1. The number of nitrogens with one attached hydrogen (secondary N) is 1. The van der Waals surface area contributed by atoms with E-state index in [0.29, 0.717) is 0 Å². The molecule has 1 aromatic carbocycles. The Hall–Kier alpha value is -1.95. The Morgan fingerprint density at radius 3 is 2.52 bits per heavy atom. The molecule has 1 N–H and O–H groups in total. The van der Waals surface area contributed by atoms with Crippen molar-refractivity contribution in [3.63, 3.8) is 0 Å². The van der Waals surface area contributed by atoms with Gasteiger partial charge in [-0.25, -0.2) is 0 Å². The van der Waals surface area contributed by atoms with Crippen LogP contribution in [-0.2, 0) is 4.74 Å². The maximum Gasteiger partial charge on any atom is 0.193 e. The Morgan fingerprint density at radius 2 is 1.84 bits per heavy atom. The summed E-state index contributed by atoms with van der Waals surface area (Å²) in [5.41, 5.74) is 1.17. The first-order valence-corrected chi connectivity index (χ1v) is 9.12. The molecule has 0 spiro atoms. The number of anilines is 1. The molecule has 0 amide bonds.